The molecule has 0 radical (unpaired) electrons. The molecular formula is C16H30. The molecule has 0 saturated carbocycles. The Bertz CT molecular complexity index is 187. The number of hydrogen-bond donors (Lipinski definition) is 0. The van der Waals surface area contributed by atoms with E-state index in [0.29, 0.717) is 5.92 Å². The van der Waals surface area contributed by atoms with Crippen molar-refractivity contribution in [1.29, 1.82) is 0 Å². The van der Waals surface area contributed by atoms with Crippen LogP contribution < -0.4 is 0 Å². The summed E-state index contributed by atoms with van der Waals surface area (Å²) in [5.41, 5.74) is 0. The van der Waals surface area contributed by atoms with Crippen LogP contribution in [0.25, 0.3) is 0 Å². The van der Waals surface area contributed by atoms with E-state index in [1.165, 1.54) is 44.9 Å². The summed E-state index contributed by atoms with van der Waals surface area (Å²) in [5.74, 6) is 4.96. The molecule has 0 aromatic carbocycles. The first kappa shape index (κ1) is 15.6. The third-order valence-corrected chi connectivity index (χ3v) is 3.64. The molecule has 0 nitrogen and oxygen atoms in total. The first-order chi connectivity index (χ1) is 7.65. The molecule has 0 heteroatoms. The third kappa shape index (κ3) is 6.94. The van der Waals surface area contributed by atoms with Gasteiger partial charge < -0.3 is 0 Å². The van der Waals surface area contributed by atoms with Crippen LogP contribution >= 0.6 is 0 Å². The van der Waals surface area contributed by atoms with E-state index in [1.54, 1.807) is 0 Å². The summed E-state index contributed by atoms with van der Waals surface area (Å²) < 4.78 is 0. The van der Waals surface area contributed by atoms with Gasteiger partial charge in [0.1, 0.15) is 0 Å². The maximum Gasteiger partial charge on any atom is 0.0200 e. The van der Waals surface area contributed by atoms with Gasteiger partial charge in [-0.25, -0.2) is 0 Å². The van der Waals surface area contributed by atoms with Gasteiger partial charge in [-0.15, -0.1) is 12.3 Å². The Morgan fingerprint density at radius 3 is 2.19 bits per heavy atom. The second kappa shape index (κ2) is 9.76. The minimum atomic E-state index is 0.452. The van der Waals surface area contributed by atoms with Crippen LogP contribution in [0, 0.1) is 30.1 Å². The molecule has 0 saturated heterocycles. The summed E-state index contributed by atoms with van der Waals surface area (Å²) in [4.78, 5) is 0. The van der Waals surface area contributed by atoms with Crippen LogP contribution in [0.15, 0.2) is 0 Å². The molecular weight excluding hydrogens is 192 g/mol. The molecule has 0 rings (SSSR count). The minimum Gasteiger partial charge on any atom is -0.120 e. The standard InChI is InChI=1S/C16H30/c1-6-9-10-12-14(4)13-16(11-7-2)15(5)8-3/h3,14-16H,6-7,9-13H2,1-2,4-5H3. The summed E-state index contributed by atoms with van der Waals surface area (Å²) in [6, 6.07) is 0. The van der Waals surface area contributed by atoms with E-state index in [-0.39, 0.29) is 0 Å². The lowest BCUT2D eigenvalue weighted by atomic mass is 9.82. The molecule has 0 aromatic rings. The molecule has 16 heavy (non-hydrogen) atoms. The molecule has 0 aliphatic rings. The average Bonchev–Trinajstić information content (AvgIpc) is 2.28. The lowest BCUT2D eigenvalue weighted by Gasteiger charge is -2.23. The van der Waals surface area contributed by atoms with E-state index < -0.39 is 0 Å². The maximum atomic E-state index is 5.55. The summed E-state index contributed by atoms with van der Waals surface area (Å²) >= 11 is 0. The van der Waals surface area contributed by atoms with Gasteiger partial charge in [0, 0.05) is 5.92 Å². The normalized spacial score (nSPS) is 16.4. The van der Waals surface area contributed by atoms with Crippen LogP contribution in [0.2, 0.25) is 0 Å². The Morgan fingerprint density at radius 2 is 1.69 bits per heavy atom. The molecule has 0 fully saturated rings. The topological polar surface area (TPSA) is 0 Å². The third-order valence-electron chi connectivity index (χ3n) is 3.64. The highest BCUT2D eigenvalue weighted by molar-refractivity contribution is 4.94. The SMILES string of the molecule is C#CC(C)C(CCC)CC(C)CCCCC. The van der Waals surface area contributed by atoms with Crippen molar-refractivity contribution >= 4 is 0 Å². The smallest absolute Gasteiger partial charge is 0.0200 e. The monoisotopic (exact) mass is 222 g/mol. The van der Waals surface area contributed by atoms with Crippen LogP contribution in [0.3, 0.4) is 0 Å². The van der Waals surface area contributed by atoms with Gasteiger partial charge in [0.25, 0.3) is 0 Å². The zero-order chi connectivity index (χ0) is 12.4. The first-order valence-electron chi connectivity index (χ1n) is 7.11. The van der Waals surface area contributed by atoms with Crippen molar-refractivity contribution in [3.63, 3.8) is 0 Å². The average molecular weight is 222 g/mol. The highest BCUT2D eigenvalue weighted by atomic mass is 14.2. The van der Waals surface area contributed by atoms with Gasteiger partial charge in [0.05, 0.1) is 0 Å². The van der Waals surface area contributed by atoms with E-state index in [9.17, 15) is 0 Å². The molecule has 0 aromatic heterocycles. The summed E-state index contributed by atoms with van der Waals surface area (Å²) in [7, 11) is 0. The number of terminal acetylenes is 1. The Hall–Kier alpha value is -0.440. The Balaban J connectivity index is 3.93. The zero-order valence-electron chi connectivity index (χ0n) is 11.8. The van der Waals surface area contributed by atoms with Gasteiger partial charge in [-0.1, -0.05) is 59.8 Å². The van der Waals surface area contributed by atoms with E-state index in [4.69, 9.17) is 6.42 Å². The minimum absolute atomic E-state index is 0.452. The van der Waals surface area contributed by atoms with Gasteiger partial charge in [-0.3, -0.25) is 0 Å². The van der Waals surface area contributed by atoms with Gasteiger partial charge in [0.15, 0.2) is 0 Å². The molecule has 3 atom stereocenters. The quantitative estimate of drug-likeness (QED) is 0.368. The van der Waals surface area contributed by atoms with Crippen molar-refractivity contribution in [3.8, 4) is 12.3 Å². The van der Waals surface area contributed by atoms with Crippen LogP contribution in [0.5, 0.6) is 0 Å². The second-order valence-corrected chi connectivity index (χ2v) is 5.34. The van der Waals surface area contributed by atoms with Crippen LogP contribution in [0.4, 0.5) is 0 Å². The van der Waals surface area contributed by atoms with E-state index >= 15 is 0 Å². The lowest BCUT2D eigenvalue weighted by Crippen LogP contribution is -2.14. The van der Waals surface area contributed by atoms with Crippen LogP contribution in [-0.4, -0.2) is 0 Å². The molecule has 0 aliphatic carbocycles. The molecule has 3 unspecified atom stereocenters. The molecule has 0 N–H and O–H groups in total. The maximum absolute atomic E-state index is 5.55. The fourth-order valence-electron chi connectivity index (χ4n) is 2.46. The molecule has 0 aliphatic heterocycles. The zero-order valence-corrected chi connectivity index (χ0v) is 11.8. The van der Waals surface area contributed by atoms with Crippen molar-refractivity contribution in [2.75, 3.05) is 0 Å². The van der Waals surface area contributed by atoms with Crippen LogP contribution in [-0.2, 0) is 0 Å². The fourth-order valence-corrected chi connectivity index (χ4v) is 2.46. The predicted octanol–water partition coefficient (Wildman–Crippen LogP) is 5.28. The Morgan fingerprint density at radius 1 is 1.00 bits per heavy atom. The largest absolute Gasteiger partial charge is 0.120 e. The van der Waals surface area contributed by atoms with Crippen LogP contribution in [0.1, 0.15) is 72.6 Å². The Kier molecular flexibility index (Phi) is 9.49. The summed E-state index contributed by atoms with van der Waals surface area (Å²) in [5, 5.41) is 0. The molecule has 0 amide bonds. The summed E-state index contributed by atoms with van der Waals surface area (Å²) in [6.07, 6.45) is 14.9. The molecule has 0 heterocycles. The number of unbranched alkanes of at least 4 members (excludes halogenated alkanes) is 2. The van der Waals surface area contributed by atoms with E-state index in [2.05, 4.69) is 33.6 Å². The number of rotatable bonds is 9. The molecule has 94 valence electrons. The van der Waals surface area contributed by atoms with Crippen molar-refractivity contribution in [3.05, 3.63) is 0 Å². The van der Waals surface area contributed by atoms with Gasteiger partial charge in [0.2, 0.25) is 0 Å². The van der Waals surface area contributed by atoms with Gasteiger partial charge >= 0.3 is 0 Å². The van der Waals surface area contributed by atoms with E-state index in [0.717, 1.165) is 11.8 Å². The number of hydrogen-bond acceptors (Lipinski definition) is 0. The molecule has 0 bridgehead atoms. The van der Waals surface area contributed by atoms with Crippen molar-refractivity contribution in [2.24, 2.45) is 17.8 Å². The lowest BCUT2D eigenvalue weighted by molar-refractivity contribution is 0.301. The van der Waals surface area contributed by atoms with Crippen molar-refractivity contribution in [2.45, 2.75) is 72.6 Å². The second-order valence-electron chi connectivity index (χ2n) is 5.34. The molecule has 0 spiro atoms. The first-order valence-corrected chi connectivity index (χ1v) is 7.11. The van der Waals surface area contributed by atoms with Crippen molar-refractivity contribution in [1.82, 2.24) is 0 Å². The fraction of sp³-hybridized carbons (Fsp3) is 0.875. The van der Waals surface area contributed by atoms with Crippen molar-refractivity contribution < 1.29 is 0 Å². The van der Waals surface area contributed by atoms with Gasteiger partial charge in [-0.05, 0) is 24.7 Å². The summed E-state index contributed by atoms with van der Waals surface area (Å²) in [6.45, 7) is 9.13. The Labute approximate surface area is 103 Å². The predicted molar refractivity (Wildman–Crippen MR) is 74.3 cm³/mol. The van der Waals surface area contributed by atoms with E-state index in [1.807, 2.05) is 0 Å². The van der Waals surface area contributed by atoms with Gasteiger partial charge in [-0.2, -0.15) is 0 Å². The highest BCUT2D eigenvalue weighted by Gasteiger charge is 2.17. The highest BCUT2D eigenvalue weighted by Crippen LogP contribution is 2.27.